The molecule has 0 radical (unpaired) electrons. The van der Waals surface area contributed by atoms with Crippen LogP contribution in [0.5, 0.6) is 0 Å². The number of hydrogen-bond donors (Lipinski definition) is 0. The third kappa shape index (κ3) is 3.47. The van der Waals surface area contributed by atoms with E-state index in [1.165, 1.54) is 0 Å². The zero-order chi connectivity index (χ0) is 25.9. The molecule has 5 heterocycles. The molecule has 1 spiro atoms. The number of aromatic nitrogens is 3. The van der Waals surface area contributed by atoms with Crippen molar-refractivity contribution >= 4 is 29.3 Å². The molecule has 2 aromatic heterocycles. The Bertz CT molecular complexity index is 1320. The third-order valence-corrected chi connectivity index (χ3v) is 8.79. The zero-order valence-corrected chi connectivity index (χ0v) is 21.5. The van der Waals surface area contributed by atoms with Gasteiger partial charge in [-0.25, -0.2) is 15.0 Å². The monoisotopic (exact) mass is 501 g/mol. The number of carbonyl (C=O) groups excluding carboxylic acids is 2. The van der Waals surface area contributed by atoms with Crippen LogP contribution in [-0.4, -0.2) is 70.1 Å². The zero-order valence-electron chi connectivity index (χ0n) is 21.5. The Labute approximate surface area is 216 Å². The predicted octanol–water partition coefficient (Wildman–Crippen LogP) is 2.70. The van der Waals surface area contributed by atoms with Crippen LogP contribution >= 0.6 is 0 Å². The van der Waals surface area contributed by atoms with Gasteiger partial charge in [0.25, 0.3) is 0 Å². The maximum atomic E-state index is 13.5. The van der Waals surface area contributed by atoms with Crippen molar-refractivity contribution in [2.24, 2.45) is 5.41 Å². The molecule has 1 saturated carbocycles. The van der Waals surface area contributed by atoms with Crippen molar-refractivity contribution in [3.05, 3.63) is 35.8 Å². The van der Waals surface area contributed by atoms with Gasteiger partial charge in [0.05, 0.1) is 18.2 Å². The number of piperazine rings is 1. The normalized spacial score (nSPS) is 28.1. The van der Waals surface area contributed by atoms with Gasteiger partial charge in [0.15, 0.2) is 0 Å². The molecule has 2 aromatic rings. The number of rotatable bonds is 3. The van der Waals surface area contributed by atoms with Gasteiger partial charge in [-0.15, -0.1) is 0 Å². The molecular weight excluding hydrogens is 470 g/mol. The van der Waals surface area contributed by atoms with Crippen LogP contribution in [0.1, 0.15) is 57.6 Å². The van der Waals surface area contributed by atoms with Crippen LogP contribution in [0.2, 0.25) is 0 Å². The highest BCUT2D eigenvalue weighted by molar-refractivity contribution is 6.03. The van der Waals surface area contributed by atoms with E-state index in [2.05, 4.69) is 27.8 Å². The first kappa shape index (κ1) is 23.6. The minimum absolute atomic E-state index is 0.00592. The van der Waals surface area contributed by atoms with E-state index < -0.39 is 11.4 Å². The number of carbonyl (C=O) groups is 2. The molecule has 3 aliphatic heterocycles. The first-order valence-corrected chi connectivity index (χ1v) is 13.0. The molecule has 6 rings (SSSR count). The number of amides is 1. The second-order valence-electron chi connectivity index (χ2n) is 11.2. The lowest BCUT2D eigenvalue weighted by atomic mass is 9.66. The van der Waals surface area contributed by atoms with E-state index >= 15 is 0 Å². The number of hydrogen-bond acceptors (Lipinski definition) is 9. The number of anilines is 3. The van der Waals surface area contributed by atoms with Crippen molar-refractivity contribution < 1.29 is 14.3 Å². The van der Waals surface area contributed by atoms with Crippen molar-refractivity contribution in [2.45, 2.75) is 64.0 Å². The summed E-state index contributed by atoms with van der Waals surface area (Å²) in [5.74, 6) is 1.93. The lowest BCUT2D eigenvalue weighted by molar-refractivity contribution is -0.157. The average Bonchev–Trinajstić information content (AvgIpc) is 3.43. The first-order chi connectivity index (χ1) is 17.8. The van der Waals surface area contributed by atoms with Crippen LogP contribution in [0, 0.1) is 16.7 Å². The number of nitrogens with zero attached hydrogens (tertiary/aromatic N) is 7. The number of pyridine rings is 1. The van der Waals surface area contributed by atoms with Crippen LogP contribution in [0.15, 0.2) is 24.7 Å². The molecule has 0 N–H and O–H groups in total. The van der Waals surface area contributed by atoms with E-state index in [1.54, 1.807) is 25.5 Å². The van der Waals surface area contributed by atoms with Crippen molar-refractivity contribution in [3.63, 3.8) is 0 Å². The topological polar surface area (TPSA) is 116 Å². The van der Waals surface area contributed by atoms with Gasteiger partial charge in [-0.2, -0.15) is 5.26 Å². The third-order valence-electron chi connectivity index (χ3n) is 8.79. The Morgan fingerprint density at radius 2 is 1.92 bits per heavy atom. The van der Waals surface area contributed by atoms with Crippen molar-refractivity contribution in [1.82, 2.24) is 19.9 Å². The fraction of sp³-hybridized carbons (Fsp3) is 0.556. The maximum Gasteiger partial charge on any atom is 0.321 e. The number of ether oxygens (including phenoxy) is 1. The van der Waals surface area contributed by atoms with Gasteiger partial charge in [-0.3, -0.25) is 9.59 Å². The SMILES string of the molecule is C[C@@H]1CN(c2ncnc3c2C2(CCC2)CN3c2cc(C#N)ccn2)[C@@H](C)CN1C(=O)[C@@]1(C)CCOC1=O. The lowest BCUT2D eigenvalue weighted by Crippen LogP contribution is -2.61. The number of fused-ring (bicyclic) bond motifs is 2. The van der Waals surface area contributed by atoms with Crippen LogP contribution in [-0.2, 0) is 19.7 Å². The number of nitriles is 1. The van der Waals surface area contributed by atoms with Gasteiger partial charge in [0, 0.05) is 55.3 Å². The molecule has 3 fully saturated rings. The van der Waals surface area contributed by atoms with Gasteiger partial charge in [0.2, 0.25) is 5.91 Å². The van der Waals surface area contributed by atoms with Gasteiger partial charge in [-0.05, 0) is 45.7 Å². The van der Waals surface area contributed by atoms with Gasteiger partial charge in [0.1, 0.15) is 29.2 Å². The molecular formula is C27H31N7O3. The van der Waals surface area contributed by atoms with Crippen molar-refractivity contribution in [2.75, 3.05) is 36.0 Å². The summed E-state index contributed by atoms with van der Waals surface area (Å²) in [4.78, 5) is 46.2. The fourth-order valence-corrected chi connectivity index (χ4v) is 6.38. The second kappa shape index (κ2) is 8.40. The standard InChI is InChI=1S/C27H31N7O3/c1-17-14-33(24(35)26(3)8-10-37-25(26)36)18(2)13-32(17)22-21-23(31-16-30-22)34(15-27(21)6-4-7-27)20-11-19(12-28)5-9-29-20/h5,9,11,16-18H,4,6-8,10,13-15H2,1-3H3/t17-,18+,26+/m0/s1. The van der Waals surface area contributed by atoms with Gasteiger partial charge >= 0.3 is 5.97 Å². The van der Waals surface area contributed by atoms with E-state index in [0.29, 0.717) is 31.7 Å². The minimum atomic E-state index is -1.10. The second-order valence-corrected chi connectivity index (χ2v) is 11.2. The molecule has 4 aliphatic rings. The largest absolute Gasteiger partial charge is 0.465 e. The van der Waals surface area contributed by atoms with Gasteiger partial charge < -0.3 is 19.4 Å². The van der Waals surface area contributed by atoms with Crippen molar-refractivity contribution in [1.29, 1.82) is 5.26 Å². The Morgan fingerprint density at radius 1 is 1.14 bits per heavy atom. The Balaban J connectivity index is 1.34. The fourth-order valence-electron chi connectivity index (χ4n) is 6.38. The maximum absolute atomic E-state index is 13.5. The predicted molar refractivity (Wildman–Crippen MR) is 135 cm³/mol. The van der Waals surface area contributed by atoms with E-state index in [1.807, 2.05) is 17.9 Å². The van der Waals surface area contributed by atoms with Crippen LogP contribution in [0.4, 0.5) is 17.5 Å². The van der Waals surface area contributed by atoms with E-state index in [-0.39, 0.29) is 23.4 Å². The Kier molecular flexibility index (Phi) is 5.37. The Hall–Kier alpha value is -3.74. The average molecular weight is 502 g/mol. The molecule has 1 amide bonds. The highest BCUT2D eigenvalue weighted by Gasteiger charge is 2.53. The van der Waals surface area contributed by atoms with E-state index in [0.717, 1.165) is 48.8 Å². The van der Waals surface area contributed by atoms with Gasteiger partial charge in [-0.1, -0.05) is 6.42 Å². The van der Waals surface area contributed by atoms with Crippen LogP contribution < -0.4 is 9.80 Å². The minimum Gasteiger partial charge on any atom is -0.465 e. The lowest BCUT2D eigenvalue weighted by Gasteiger charge is -2.48. The van der Waals surface area contributed by atoms with Crippen molar-refractivity contribution in [3.8, 4) is 6.07 Å². The van der Waals surface area contributed by atoms with E-state index in [9.17, 15) is 14.9 Å². The molecule has 2 saturated heterocycles. The molecule has 37 heavy (non-hydrogen) atoms. The molecule has 0 bridgehead atoms. The summed E-state index contributed by atoms with van der Waals surface area (Å²) in [6, 6.07) is 5.64. The smallest absolute Gasteiger partial charge is 0.321 e. The number of cyclic esters (lactones) is 1. The molecule has 192 valence electrons. The summed E-state index contributed by atoms with van der Waals surface area (Å²) in [6.45, 7) is 8.01. The van der Waals surface area contributed by atoms with Crippen LogP contribution in [0.25, 0.3) is 0 Å². The molecule has 0 aromatic carbocycles. The summed E-state index contributed by atoms with van der Waals surface area (Å²) in [5, 5.41) is 9.41. The molecule has 10 nitrogen and oxygen atoms in total. The molecule has 3 atom stereocenters. The van der Waals surface area contributed by atoms with E-state index in [4.69, 9.17) is 14.7 Å². The summed E-state index contributed by atoms with van der Waals surface area (Å²) in [6.07, 6.45) is 6.95. The molecule has 10 heteroatoms. The quantitative estimate of drug-likeness (QED) is 0.462. The number of esters is 1. The highest BCUT2D eigenvalue weighted by Crippen LogP contribution is 2.56. The summed E-state index contributed by atoms with van der Waals surface area (Å²) in [7, 11) is 0. The highest BCUT2D eigenvalue weighted by atomic mass is 16.5. The summed E-state index contributed by atoms with van der Waals surface area (Å²) < 4.78 is 5.14. The Morgan fingerprint density at radius 3 is 2.59 bits per heavy atom. The summed E-state index contributed by atoms with van der Waals surface area (Å²) >= 11 is 0. The first-order valence-electron chi connectivity index (χ1n) is 13.0. The molecule has 1 aliphatic carbocycles. The van der Waals surface area contributed by atoms with Crippen LogP contribution in [0.3, 0.4) is 0 Å². The molecule has 0 unspecified atom stereocenters. The summed E-state index contributed by atoms with van der Waals surface area (Å²) in [5.41, 5.74) is 0.565.